The van der Waals surface area contributed by atoms with Crippen molar-refractivity contribution in [3.05, 3.63) is 65.0 Å². The maximum Gasteiger partial charge on any atom is 0.128 e. The highest BCUT2D eigenvalue weighted by Crippen LogP contribution is 2.31. The minimum atomic E-state index is -0.257. The van der Waals surface area contributed by atoms with E-state index >= 15 is 0 Å². The van der Waals surface area contributed by atoms with E-state index in [1.165, 1.54) is 11.1 Å². The molecular formula is C26H36N4O2. The van der Waals surface area contributed by atoms with Crippen molar-refractivity contribution in [3.8, 4) is 5.75 Å². The van der Waals surface area contributed by atoms with E-state index < -0.39 is 0 Å². The summed E-state index contributed by atoms with van der Waals surface area (Å²) in [5, 5.41) is 12.5. The van der Waals surface area contributed by atoms with Crippen molar-refractivity contribution in [1.29, 1.82) is 0 Å². The van der Waals surface area contributed by atoms with Crippen LogP contribution in [-0.2, 0) is 6.42 Å². The zero-order valence-corrected chi connectivity index (χ0v) is 19.6. The third kappa shape index (κ3) is 5.14. The van der Waals surface area contributed by atoms with Crippen LogP contribution in [0.15, 0.2) is 58.9 Å². The molecule has 1 atom stereocenters. The van der Waals surface area contributed by atoms with Crippen molar-refractivity contribution >= 4 is 6.21 Å². The average molecular weight is 437 g/mol. The van der Waals surface area contributed by atoms with Crippen LogP contribution in [0.4, 0.5) is 0 Å². The molecule has 0 saturated carbocycles. The monoisotopic (exact) mass is 436 g/mol. The first-order chi connectivity index (χ1) is 15.5. The lowest BCUT2D eigenvalue weighted by atomic mass is 9.94. The van der Waals surface area contributed by atoms with Gasteiger partial charge in [0.1, 0.15) is 11.6 Å². The molecule has 2 N–H and O–H groups in total. The van der Waals surface area contributed by atoms with Crippen LogP contribution in [0.5, 0.6) is 5.75 Å². The number of piperazine rings is 1. The van der Waals surface area contributed by atoms with E-state index in [2.05, 4.69) is 78.4 Å². The van der Waals surface area contributed by atoms with Gasteiger partial charge in [0.2, 0.25) is 0 Å². The Kier molecular flexibility index (Phi) is 7.13. The van der Waals surface area contributed by atoms with Crippen molar-refractivity contribution in [3.63, 3.8) is 0 Å². The van der Waals surface area contributed by atoms with E-state index in [0.29, 0.717) is 12.6 Å². The van der Waals surface area contributed by atoms with Crippen molar-refractivity contribution in [2.24, 2.45) is 4.99 Å². The molecule has 1 fully saturated rings. The third-order valence-corrected chi connectivity index (χ3v) is 6.76. The molecule has 3 aliphatic heterocycles. The Morgan fingerprint density at radius 1 is 1.16 bits per heavy atom. The summed E-state index contributed by atoms with van der Waals surface area (Å²) in [6.45, 7) is 11.9. The first kappa shape index (κ1) is 22.8. The van der Waals surface area contributed by atoms with Gasteiger partial charge in [-0.05, 0) is 49.6 Å². The summed E-state index contributed by atoms with van der Waals surface area (Å²) in [6.07, 6.45) is 11.3. The van der Waals surface area contributed by atoms with E-state index in [9.17, 15) is 0 Å². The Morgan fingerprint density at radius 3 is 2.72 bits per heavy atom. The molecule has 1 saturated heterocycles. The molecule has 4 rings (SSSR count). The summed E-state index contributed by atoms with van der Waals surface area (Å²) in [6, 6.07) is 7.09. The maximum absolute atomic E-state index is 9.16. The van der Waals surface area contributed by atoms with Crippen molar-refractivity contribution in [2.45, 2.75) is 38.8 Å². The SMILES string of the molecule is CC(c1ccc2c(c1)OCC2)N1CCN(C2=C\C=C\C=C(C(C)(C)NCCO)/C=N\2)CC1. The van der Waals surface area contributed by atoms with Crippen LogP contribution in [0, 0.1) is 0 Å². The van der Waals surface area contributed by atoms with Gasteiger partial charge in [-0.3, -0.25) is 4.90 Å². The fourth-order valence-electron chi connectivity index (χ4n) is 4.54. The van der Waals surface area contributed by atoms with Crippen molar-refractivity contribution < 1.29 is 9.84 Å². The number of nitrogens with zero attached hydrogens (tertiary/aromatic N) is 3. The van der Waals surface area contributed by atoms with E-state index in [0.717, 1.165) is 56.4 Å². The minimum Gasteiger partial charge on any atom is -0.493 e. The van der Waals surface area contributed by atoms with Gasteiger partial charge in [-0.1, -0.05) is 30.4 Å². The quantitative estimate of drug-likeness (QED) is 0.688. The van der Waals surface area contributed by atoms with Gasteiger partial charge in [0.15, 0.2) is 0 Å². The highest BCUT2D eigenvalue weighted by molar-refractivity contribution is 5.83. The lowest BCUT2D eigenvalue weighted by Crippen LogP contribution is -2.46. The van der Waals surface area contributed by atoms with Gasteiger partial charge in [0.05, 0.1) is 13.2 Å². The second-order valence-corrected chi connectivity index (χ2v) is 9.23. The highest BCUT2D eigenvalue weighted by atomic mass is 16.5. The molecule has 6 nitrogen and oxygen atoms in total. The number of β-amino-alcohol motifs (C(OH)–C–C–N with tert-alkyl or cyclic N) is 1. The summed E-state index contributed by atoms with van der Waals surface area (Å²) in [5.74, 6) is 2.07. The number of hydrogen-bond acceptors (Lipinski definition) is 6. The van der Waals surface area contributed by atoms with Crippen LogP contribution in [0.2, 0.25) is 0 Å². The van der Waals surface area contributed by atoms with Crippen molar-refractivity contribution in [1.82, 2.24) is 15.1 Å². The number of ether oxygens (including phenoxy) is 1. The smallest absolute Gasteiger partial charge is 0.128 e. The van der Waals surface area contributed by atoms with Crippen LogP contribution in [-0.4, -0.2) is 72.6 Å². The summed E-state index contributed by atoms with van der Waals surface area (Å²) in [4.78, 5) is 9.75. The van der Waals surface area contributed by atoms with Crippen LogP contribution in [0.25, 0.3) is 0 Å². The predicted molar refractivity (Wildman–Crippen MR) is 130 cm³/mol. The van der Waals surface area contributed by atoms with E-state index in [1.54, 1.807) is 0 Å². The number of allylic oxidation sites excluding steroid dienone is 4. The van der Waals surface area contributed by atoms with Gasteiger partial charge >= 0.3 is 0 Å². The molecule has 32 heavy (non-hydrogen) atoms. The van der Waals surface area contributed by atoms with Gasteiger partial charge in [-0.25, -0.2) is 4.99 Å². The Morgan fingerprint density at radius 2 is 1.94 bits per heavy atom. The lowest BCUT2D eigenvalue weighted by Gasteiger charge is -2.39. The number of benzene rings is 1. The number of aliphatic imine (C=N–C) groups is 1. The molecule has 3 aliphatic rings. The second-order valence-electron chi connectivity index (χ2n) is 9.23. The zero-order chi connectivity index (χ0) is 22.6. The summed E-state index contributed by atoms with van der Waals surface area (Å²) in [7, 11) is 0. The second kappa shape index (κ2) is 10.0. The molecule has 3 heterocycles. The first-order valence-corrected chi connectivity index (χ1v) is 11.7. The number of rotatable bonds is 7. The van der Waals surface area contributed by atoms with Gasteiger partial charge in [0.25, 0.3) is 0 Å². The molecule has 0 aromatic heterocycles. The molecule has 1 aromatic carbocycles. The van der Waals surface area contributed by atoms with Gasteiger partial charge in [-0.2, -0.15) is 0 Å². The maximum atomic E-state index is 9.16. The van der Waals surface area contributed by atoms with Gasteiger partial charge in [0, 0.05) is 56.9 Å². The Balaban J connectivity index is 1.37. The Bertz CT molecular complexity index is 924. The third-order valence-electron chi connectivity index (χ3n) is 6.76. The molecule has 0 aliphatic carbocycles. The predicted octanol–water partition coefficient (Wildman–Crippen LogP) is 3.07. The molecule has 0 spiro atoms. The molecule has 172 valence electrons. The molecule has 0 amide bonds. The highest BCUT2D eigenvalue weighted by Gasteiger charge is 2.25. The molecule has 0 radical (unpaired) electrons. The fourth-order valence-corrected chi connectivity index (χ4v) is 4.54. The number of aliphatic hydroxyl groups is 1. The standard InChI is InChI=1S/C26H36N4O2/c1-20(22-9-8-21-10-17-32-24(21)18-22)29-12-14-30(15-13-29)25-7-5-4-6-23(19-27-25)26(2,3)28-11-16-31/h4-9,18-20,28,31H,10-17H2,1-3H3/b5-4+,6-4?,7-5?,23-6+,23-19?,25-7-,27-19-,27-25?. The first-order valence-electron chi connectivity index (χ1n) is 11.7. The van der Waals surface area contributed by atoms with Crippen LogP contribution in [0.1, 0.15) is 37.9 Å². The Hall–Kier alpha value is -2.41. The molecular weight excluding hydrogens is 400 g/mol. The van der Waals surface area contributed by atoms with Gasteiger partial charge in [-0.15, -0.1) is 0 Å². The largest absolute Gasteiger partial charge is 0.493 e. The fraction of sp³-hybridized carbons (Fsp3) is 0.500. The summed E-state index contributed by atoms with van der Waals surface area (Å²) in [5.41, 5.74) is 3.50. The topological polar surface area (TPSA) is 60.3 Å². The van der Waals surface area contributed by atoms with Crippen LogP contribution >= 0.6 is 0 Å². The molecule has 1 aromatic rings. The number of fused-ring (bicyclic) bond motifs is 1. The Labute approximate surface area is 192 Å². The van der Waals surface area contributed by atoms with Crippen LogP contribution in [0.3, 0.4) is 0 Å². The number of nitrogens with one attached hydrogen (secondary N) is 1. The van der Waals surface area contributed by atoms with E-state index in [4.69, 9.17) is 14.8 Å². The number of hydrogen-bond donors (Lipinski definition) is 2. The zero-order valence-electron chi connectivity index (χ0n) is 19.6. The summed E-state index contributed by atoms with van der Waals surface area (Å²) < 4.78 is 5.77. The van der Waals surface area contributed by atoms with E-state index in [1.807, 2.05) is 6.21 Å². The summed E-state index contributed by atoms with van der Waals surface area (Å²) >= 11 is 0. The van der Waals surface area contributed by atoms with E-state index in [-0.39, 0.29) is 12.1 Å². The molecule has 1 unspecified atom stereocenters. The number of aliphatic hydroxyl groups excluding tert-OH is 1. The van der Waals surface area contributed by atoms with Crippen molar-refractivity contribution in [2.75, 3.05) is 45.9 Å². The van der Waals surface area contributed by atoms with Gasteiger partial charge < -0.3 is 20.1 Å². The molecule has 6 heteroatoms. The normalized spacial score (nSPS) is 25.4. The average Bonchev–Trinajstić information content (AvgIpc) is 3.25. The molecule has 0 bridgehead atoms. The van der Waals surface area contributed by atoms with Crippen LogP contribution < -0.4 is 10.1 Å². The lowest BCUT2D eigenvalue weighted by molar-refractivity contribution is 0.122. The minimum absolute atomic E-state index is 0.121.